The van der Waals surface area contributed by atoms with E-state index in [0.29, 0.717) is 0 Å². The smallest absolute Gasteiger partial charge is 0.417 e. The molecule has 0 heterocycles. The SMILES string of the molecule is CCOC(=O)CC(C)Nc1ccc(C#N)c(C(F)(F)F)c1. The molecule has 0 bridgehead atoms. The molecule has 7 heteroatoms. The van der Waals surface area contributed by atoms with Crippen LogP contribution in [0.25, 0.3) is 0 Å². The summed E-state index contributed by atoms with van der Waals surface area (Å²) in [5.41, 5.74) is -1.25. The van der Waals surface area contributed by atoms with E-state index in [9.17, 15) is 18.0 Å². The highest BCUT2D eigenvalue weighted by molar-refractivity contribution is 5.70. The van der Waals surface area contributed by atoms with Crippen molar-refractivity contribution in [1.82, 2.24) is 0 Å². The Bertz CT molecular complexity index is 550. The van der Waals surface area contributed by atoms with Crippen LogP contribution in [-0.4, -0.2) is 18.6 Å². The lowest BCUT2D eigenvalue weighted by Gasteiger charge is -2.16. The van der Waals surface area contributed by atoms with Gasteiger partial charge >= 0.3 is 12.1 Å². The van der Waals surface area contributed by atoms with E-state index in [4.69, 9.17) is 10.00 Å². The largest absolute Gasteiger partial charge is 0.466 e. The Morgan fingerprint density at radius 3 is 2.67 bits per heavy atom. The minimum atomic E-state index is -4.60. The van der Waals surface area contributed by atoms with Crippen molar-refractivity contribution in [1.29, 1.82) is 5.26 Å². The number of hydrogen-bond acceptors (Lipinski definition) is 4. The summed E-state index contributed by atoms with van der Waals surface area (Å²) in [4.78, 5) is 11.3. The number of hydrogen-bond donors (Lipinski definition) is 1. The molecule has 0 saturated heterocycles. The van der Waals surface area contributed by atoms with Crippen LogP contribution >= 0.6 is 0 Å². The van der Waals surface area contributed by atoms with Crippen molar-refractivity contribution in [3.63, 3.8) is 0 Å². The Morgan fingerprint density at radius 2 is 2.14 bits per heavy atom. The molecule has 0 aromatic heterocycles. The van der Waals surface area contributed by atoms with Crippen LogP contribution < -0.4 is 5.32 Å². The molecule has 1 unspecified atom stereocenters. The number of carbonyl (C=O) groups is 1. The van der Waals surface area contributed by atoms with Crippen LogP contribution in [0.3, 0.4) is 0 Å². The second kappa shape index (κ2) is 6.97. The summed E-state index contributed by atoms with van der Waals surface area (Å²) in [6, 6.07) is 4.45. The predicted molar refractivity (Wildman–Crippen MR) is 70.5 cm³/mol. The number of carbonyl (C=O) groups excluding carboxylic acids is 1. The molecule has 0 aliphatic heterocycles. The Morgan fingerprint density at radius 1 is 1.48 bits per heavy atom. The standard InChI is InChI=1S/C14H15F3N2O2/c1-3-21-13(20)6-9(2)19-11-5-4-10(8-18)12(7-11)14(15,16)17/h4-5,7,9,19H,3,6H2,1-2H3. The van der Waals surface area contributed by atoms with Gasteiger partial charge in [-0.3, -0.25) is 4.79 Å². The molecule has 21 heavy (non-hydrogen) atoms. The summed E-state index contributed by atoms with van der Waals surface area (Å²) in [7, 11) is 0. The lowest BCUT2D eigenvalue weighted by molar-refractivity contribution is -0.143. The molecule has 1 atom stereocenters. The molecular weight excluding hydrogens is 285 g/mol. The highest BCUT2D eigenvalue weighted by Crippen LogP contribution is 2.33. The van der Waals surface area contributed by atoms with Crippen LogP contribution in [0, 0.1) is 11.3 Å². The third-order valence-corrected chi connectivity index (χ3v) is 2.64. The molecule has 0 fully saturated rings. The monoisotopic (exact) mass is 300 g/mol. The molecule has 1 aromatic rings. The van der Waals surface area contributed by atoms with Gasteiger partial charge in [-0.15, -0.1) is 0 Å². The van der Waals surface area contributed by atoms with E-state index in [2.05, 4.69) is 5.32 Å². The molecule has 0 amide bonds. The van der Waals surface area contributed by atoms with Gasteiger partial charge in [0.05, 0.1) is 30.2 Å². The van der Waals surface area contributed by atoms with Crippen molar-refractivity contribution in [3.8, 4) is 6.07 Å². The molecular formula is C14H15F3N2O2. The van der Waals surface area contributed by atoms with Gasteiger partial charge in [0.2, 0.25) is 0 Å². The van der Waals surface area contributed by atoms with Crippen LogP contribution in [-0.2, 0) is 15.7 Å². The van der Waals surface area contributed by atoms with Crippen molar-refractivity contribution < 1.29 is 22.7 Å². The number of nitriles is 1. The van der Waals surface area contributed by atoms with E-state index in [-0.39, 0.29) is 18.7 Å². The van der Waals surface area contributed by atoms with Gasteiger partial charge in [0.1, 0.15) is 0 Å². The third kappa shape index (κ3) is 4.99. The van der Waals surface area contributed by atoms with E-state index in [1.807, 2.05) is 0 Å². The fourth-order valence-corrected chi connectivity index (χ4v) is 1.77. The molecule has 0 aliphatic carbocycles. The maximum Gasteiger partial charge on any atom is 0.417 e. The van der Waals surface area contributed by atoms with E-state index < -0.39 is 29.3 Å². The Labute approximate surface area is 120 Å². The van der Waals surface area contributed by atoms with E-state index in [0.717, 1.165) is 12.1 Å². The van der Waals surface area contributed by atoms with Gasteiger partial charge in [-0.25, -0.2) is 0 Å². The Kier molecular flexibility index (Phi) is 5.59. The normalized spacial score (nSPS) is 12.4. The van der Waals surface area contributed by atoms with Crippen molar-refractivity contribution in [2.24, 2.45) is 0 Å². The minimum Gasteiger partial charge on any atom is -0.466 e. The Balaban J connectivity index is 2.86. The maximum atomic E-state index is 12.8. The number of nitrogens with zero attached hydrogens (tertiary/aromatic N) is 1. The van der Waals surface area contributed by atoms with Crippen molar-refractivity contribution in [2.45, 2.75) is 32.5 Å². The molecule has 0 radical (unpaired) electrons. The zero-order valence-electron chi connectivity index (χ0n) is 11.6. The van der Waals surface area contributed by atoms with Gasteiger partial charge in [0, 0.05) is 11.7 Å². The van der Waals surface area contributed by atoms with Gasteiger partial charge in [-0.1, -0.05) is 0 Å². The van der Waals surface area contributed by atoms with E-state index >= 15 is 0 Å². The first-order chi connectivity index (χ1) is 9.77. The zero-order chi connectivity index (χ0) is 16.0. The van der Waals surface area contributed by atoms with Gasteiger partial charge in [0.25, 0.3) is 0 Å². The number of esters is 1. The highest BCUT2D eigenvalue weighted by atomic mass is 19.4. The average Bonchev–Trinajstić information content (AvgIpc) is 2.37. The van der Waals surface area contributed by atoms with Gasteiger partial charge in [0.15, 0.2) is 0 Å². The minimum absolute atomic E-state index is 0.0369. The summed E-state index contributed by atoms with van der Waals surface area (Å²) in [5, 5.41) is 11.5. The van der Waals surface area contributed by atoms with Crippen molar-refractivity contribution >= 4 is 11.7 Å². The molecule has 0 saturated carbocycles. The van der Waals surface area contributed by atoms with Crippen LogP contribution in [0.15, 0.2) is 18.2 Å². The molecule has 114 valence electrons. The topological polar surface area (TPSA) is 62.1 Å². The summed E-state index contributed by atoms with van der Waals surface area (Å²) >= 11 is 0. The lowest BCUT2D eigenvalue weighted by Crippen LogP contribution is -2.21. The van der Waals surface area contributed by atoms with Crippen LogP contribution in [0.4, 0.5) is 18.9 Å². The fraction of sp³-hybridized carbons (Fsp3) is 0.429. The summed E-state index contributed by atoms with van der Waals surface area (Å²) in [6.07, 6.45) is -4.57. The zero-order valence-corrected chi connectivity index (χ0v) is 11.6. The maximum absolute atomic E-state index is 12.8. The number of rotatable bonds is 5. The second-order valence-electron chi connectivity index (χ2n) is 4.42. The van der Waals surface area contributed by atoms with Gasteiger partial charge in [-0.05, 0) is 32.0 Å². The van der Waals surface area contributed by atoms with Gasteiger partial charge < -0.3 is 10.1 Å². The number of alkyl halides is 3. The number of ether oxygens (including phenoxy) is 1. The fourth-order valence-electron chi connectivity index (χ4n) is 1.77. The summed E-state index contributed by atoms with van der Waals surface area (Å²) in [6.45, 7) is 3.58. The number of anilines is 1. The second-order valence-corrected chi connectivity index (χ2v) is 4.42. The first-order valence-corrected chi connectivity index (χ1v) is 6.31. The molecule has 1 N–H and O–H groups in total. The molecule has 4 nitrogen and oxygen atoms in total. The number of nitrogens with one attached hydrogen (secondary N) is 1. The van der Waals surface area contributed by atoms with Crippen LogP contribution in [0.1, 0.15) is 31.4 Å². The molecule has 1 rings (SSSR count). The molecule has 1 aromatic carbocycles. The Hall–Kier alpha value is -2.23. The summed E-state index contributed by atoms with van der Waals surface area (Å²) < 4.78 is 43.2. The first kappa shape index (κ1) is 16.8. The summed E-state index contributed by atoms with van der Waals surface area (Å²) in [5.74, 6) is -0.429. The molecule has 0 spiro atoms. The van der Waals surface area contributed by atoms with E-state index in [1.54, 1.807) is 13.8 Å². The van der Waals surface area contributed by atoms with Crippen LogP contribution in [0.5, 0.6) is 0 Å². The van der Waals surface area contributed by atoms with Gasteiger partial charge in [-0.2, -0.15) is 18.4 Å². The first-order valence-electron chi connectivity index (χ1n) is 6.31. The quantitative estimate of drug-likeness (QED) is 0.847. The third-order valence-electron chi connectivity index (χ3n) is 2.64. The highest BCUT2D eigenvalue weighted by Gasteiger charge is 2.33. The lowest BCUT2D eigenvalue weighted by atomic mass is 10.1. The molecule has 0 aliphatic rings. The van der Waals surface area contributed by atoms with E-state index in [1.165, 1.54) is 12.1 Å². The van der Waals surface area contributed by atoms with Crippen LogP contribution in [0.2, 0.25) is 0 Å². The predicted octanol–water partition coefficient (Wildman–Crippen LogP) is 3.33. The van der Waals surface area contributed by atoms with Crippen molar-refractivity contribution in [3.05, 3.63) is 29.3 Å². The average molecular weight is 300 g/mol. The van der Waals surface area contributed by atoms with Crippen molar-refractivity contribution in [2.75, 3.05) is 11.9 Å². The number of halogens is 3. The number of benzene rings is 1.